The number of hydrogen-bond acceptors (Lipinski definition) is 5. The number of ketones is 1. The van der Waals surface area contributed by atoms with Gasteiger partial charge >= 0.3 is 0 Å². The second-order valence-electron chi connectivity index (χ2n) is 8.57. The summed E-state index contributed by atoms with van der Waals surface area (Å²) in [5, 5.41) is 7.98. The van der Waals surface area contributed by atoms with E-state index in [1.807, 2.05) is 6.20 Å². The van der Waals surface area contributed by atoms with Gasteiger partial charge in [-0.05, 0) is 74.1 Å². The fourth-order valence-corrected chi connectivity index (χ4v) is 4.42. The van der Waals surface area contributed by atoms with Crippen molar-refractivity contribution in [3.05, 3.63) is 53.9 Å². The molecule has 0 bridgehead atoms. The zero-order valence-electron chi connectivity index (χ0n) is 16.7. The topological polar surface area (TPSA) is 80.0 Å². The fourth-order valence-electron chi connectivity index (χ4n) is 4.42. The number of aromatic nitrogens is 1. The molecule has 2 saturated carbocycles. The molecule has 2 heterocycles. The number of hydrogen-bond donors (Lipinski definition) is 3. The second-order valence-corrected chi connectivity index (χ2v) is 8.57. The summed E-state index contributed by atoms with van der Waals surface area (Å²) >= 11 is 0. The van der Waals surface area contributed by atoms with E-state index in [-0.39, 0.29) is 11.7 Å². The molecule has 2 aromatic rings. The van der Waals surface area contributed by atoms with Gasteiger partial charge in [0.1, 0.15) is 0 Å². The van der Waals surface area contributed by atoms with Crippen LogP contribution in [-0.4, -0.2) is 29.4 Å². The van der Waals surface area contributed by atoms with Gasteiger partial charge in [0.2, 0.25) is 0 Å². The van der Waals surface area contributed by atoms with Crippen LogP contribution in [0.5, 0.6) is 0 Å². The summed E-state index contributed by atoms with van der Waals surface area (Å²) in [6, 6.07) is 7.02. The molecule has 29 heavy (non-hydrogen) atoms. The molecule has 0 amide bonds. The zero-order valence-corrected chi connectivity index (χ0v) is 16.7. The number of Topliss-reactive ketones (excluding diaryl/α,β-unsaturated/α-hetero) is 1. The maximum atomic E-state index is 13.0. The molecule has 5 nitrogen and oxygen atoms in total. The molecule has 0 spiro atoms. The maximum Gasteiger partial charge on any atom is 0.169 e. The number of allylic oxidation sites excluding steroid dienone is 2. The Morgan fingerprint density at radius 2 is 1.97 bits per heavy atom. The lowest BCUT2D eigenvalue weighted by atomic mass is 9.91. The van der Waals surface area contributed by atoms with Gasteiger partial charge in [0, 0.05) is 36.1 Å². The highest BCUT2D eigenvalue weighted by Crippen LogP contribution is 2.38. The number of anilines is 1. The molecule has 2 fully saturated rings. The average Bonchev–Trinajstić information content (AvgIpc) is 3.61. The SMILES string of the molecule is N[C@H]1CC[C@H](Nc2c(C(=O)C3CC3)cnc3ccc(C4=CCNC=C4)cc23)CC1. The first-order valence-electron chi connectivity index (χ1n) is 10.8. The summed E-state index contributed by atoms with van der Waals surface area (Å²) in [4.78, 5) is 17.7. The van der Waals surface area contributed by atoms with Gasteiger partial charge in [0.05, 0.1) is 16.8 Å². The molecule has 150 valence electrons. The minimum atomic E-state index is 0.174. The summed E-state index contributed by atoms with van der Waals surface area (Å²) in [6.07, 6.45) is 14.2. The van der Waals surface area contributed by atoms with E-state index in [1.165, 1.54) is 5.57 Å². The van der Waals surface area contributed by atoms with Crippen LogP contribution >= 0.6 is 0 Å². The molecule has 0 unspecified atom stereocenters. The third-order valence-electron chi connectivity index (χ3n) is 6.36. The Morgan fingerprint density at radius 3 is 2.69 bits per heavy atom. The first-order chi connectivity index (χ1) is 14.2. The summed E-state index contributed by atoms with van der Waals surface area (Å²) in [7, 11) is 0. The number of carbonyl (C=O) groups is 1. The summed E-state index contributed by atoms with van der Waals surface area (Å²) < 4.78 is 0. The summed E-state index contributed by atoms with van der Waals surface area (Å²) in [5.74, 6) is 0.411. The highest BCUT2D eigenvalue weighted by atomic mass is 16.1. The number of fused-ring (bicyclic) bond motifs is 1. The van der Waals surface area contributed by atoms with E-state index in [2.05, 4.69) is 46.0 Å². The van der Waals surface area contributed by atoms with Crippen molar-refractivity contribution in [3.8, 4) is 0 Å². The number of dihydropyridines is 1. The highest BCUT2D eigenvalue weighted by molar-refractivity contribution is 6.10. The van der Waals surface area contributed by atoms with E-state index in [0.29, 0.717) is 12.1 Å². The van der Waals surface area contributed by atoms with Crippen molar-refractivity contribution >= 4 is 27.9 Å². The van der Waals surface area contributed by atoms with Gasteiger partial charge in [-0.1, -0.05) is 12.1 Å². The Hall–Kier alpha value is -2.66. The highest BCUT2D eigenvalue weighted by Gasteiger charge is 2.33. The van der Waals surface area contributed by atoms with E-state index >= 15 is 0 Å². The molecule has 5 rings (SSSR count). The predicted molar refractivity (Wildman–Crippen MR) is 118 cm³/mol. The summed E-state index contributed by atoms with van der Waals surface area (Å²) in [5.41, 5.74) is 11.1. The Morgan fingerprint density at radius 1 is 1.14 bits per heavy atom. The Labute approximate surface area is 171 Å². The van der Waals surface area contributed by atoms with E-state index in [1.54, 1.807) is 6.20 Å². The molecule has 1 aliphatic heterocycles. The minimum absolute atomic E-state index is 0.174. The number of benzene rings is 1. The molecular formula is C24H28N4O. The van der Waals surface area contributed by atoms with E-state index in [0.717, 1.165) is 72.8 Å². The lowest BCUT2D eigenvalue weighted by Crippen LogP contribution is -2.33. The first kappa shape index (κ1) is 18.4. The molecule has 2 aliphatic carbocycles. The smallest absolute Gasteiger partial charge is 0.169 e. The van der Waals surface area contributed by atoms with Gasteiger partial charge in [-0.3, -0.25) is 9.78 Å². The lowest BCUT2D eigenvalue weighted by molar-refractivity contribution is 0.0968. The number of nitrogens with zero attached hydrogens (tertiary/aromatic N) is 1. The molecule has 0 radical (unpaired) electrons. The van der Waals surface area contributed by atoms with Crippen molar-refractivity contribution in [3.63, 3.8) is 0 Å². The van der Waals surface area contributed by atoms with Crippen LogP contribution in [0.25, 0.3) is 16.5 Å². The van der Waals surface area contributed by atoms with E-state index in [4.69, 9.17) is 5.73 Å². The first-order valence-corrected chi connectivity index (χ1v) is 10.8. The number of rotatable bonds is 5. The largest absolute Gasteiger partial charge is 0.387 e. The normalized spacial score (nSPS) is 24.1. The van der Waals surface area contributed by atoms with Gasteiger partial charge in [-0.15, -0.1) is 0 Å². The standard InChI is InChI=1S/C24H28N4O/c25-18-4-6-19(7-5-18)28-23-20-13-17(15-9-11-26-12-10-15)3-8-22(20)27-14-21(23)24(29)16-1-2-16/h3,8-11,13-14,16,18-19,26H,1-2,4-7,12,25H2,(H,27,28)/t18-,19-. The van der Waals surface area contributed by atoms with Crippen LogP contribution in [0.15, 0.2) is 42.7 Å². The van der Waals surface area contributed by atoms with Crippen LogP contribution in [0.2, 0.25) is 0 Å². The quantitative estimate of drug-likeness (QED) is 0.675. The van der Waals surface area contributed by atoms with Gasteiger partial charge in [-0.2, -0.15) is 0 Å². The fraction of sp³-hybridized carbons (Fsp3) is 0.417. The van der Waals surface area contributed by atoms with E-state index in [9.17, 15) is 4.79 Å². The lowest BCUT2D eigenvalue weighted by Gasteiger charge is -2.29. The van der Waals surface area contributed by atoms with Crippen molar-refractivity contribution in [2.45, 2.75) is 50.6 Å². The van der Waals surface area contributed by atoms with Crippen LogP contribution in [0.4, 0.5) is 5.69 Å². The molecule has 3 aliphatic rings. The number of pyridine rings is 1. The third-order valence-corrected chi connectivity index (χ3v) is 6.36. The molecule has 1 aromatic carbocycles. The summed E-state index contributed by atoms with van der Waals surface area (Å²) in [6.45, 7) is 0.829. The van der Waals surface area contributed by atoms with Crippen LogP contribution in [0, 0.1) is 5.92 Å². The second kappa shape index (κ2) is 7.64. The minimum Gasteiger partial charge on any atom is -0.387 e. The van der Waals surface area contributed by atoms with E-state index < -0.39 is 0 Å². The molecular weight excluding hydrogens is 360 g/mol. The van der Waals surface area contributed by atoms with Crippen LogP contribution in [0.3, 0.4) is 0 Å². The monoisotopic (exact) mass is 388 g/mol. The molecule has 4 N–H and O–H groups in total. The average molecular weight is 389 g/mol. The Balaban J connectivity index is 1.58. The number of carbonyl (C=O) groups excluding carboxylic acids is 1. The van der Waals surface area contributed by atoms with Crippen molar-refractivity contribution in [2.24, 2.45) is 11.7 Å². The van der Waals surface area contributed by atoms with Crippen molar-refractivity contribution < 1.29 is 4.79 Å². The zero-order chi connectivity index (χ0) is 19.8. The predicted octanol–water partition coefficient (Wildman–Crippen LogP) is 4.01. The molecule has 5 heteroatoms. The number of nitrogens with one attached hydrogen (secondary N) is 2. The Kier molecular flexibility index (Phi) is 4.84. The van der Waals surface area contributed by atoms with Crippen LogP contribution in [0.1, 0.15) is 54.4 Å². The van der Waals surface area contributed by atoms with Crippen molar-refractivity contribution in [1.29, 1.82) is 0 Å². The molecule has 0 saturated heterocycles. The van der Waals surface area contributed by atoms with Crippen LogP contribution < -0.4 is 16.4 Å². The molecule has 0 atom stereocenters. The molecule has 1 aromatic heterocycles. The van der Waals surface area contributed by atoms with Crippen molar-refractivity contribution in [1.82, 2.24) is 10.3 Å². The maximum absolute atomic E-state index is 13.0. The van der Waals surface area contributed by atoms with Crippen molar-refractivity contribution in [2.75, 3.05) is 11.9 Å². The third kappa shape index (κ3) is 3.79. The van der Waals surface area contributed by atoms with Gasteiger partial charge in [0.25, 0.3) is 0 Å². The van der Waals surface area contributed by atoms with Crippen LogP contribution in [-0.2, 0) is 0 Å². The van der Waals surface area contributed by atoms with Gasteiger partial charge in [0.15, 0.2) is 5.78 Å². The number of nitrogens with two attached hydrogens (primary N) is 1. The Bertz CT molecular complexity index is 997. The van der Waals surface area contributed by atoms with Gasteiger partial charge < -0.3 is 16.4 Å². The van der Waals surface area contributed by atoms with Gasteiger partial charge in [-0.25, -0.2) is 0 Å².